The van der Waals surface area contributed by atoms with Crippen LogP contribution in [0.4, 0.5) is 0 Å². The molecular weight excluding hydrogens is 260 g/mol. The normalized spacial score (nSPS) is 25.3. The lowest BCUT2D eigenvalue weighted by Gasteiger charge is -2.39. The Morgan fingerprint density at radius 2 is 2.00 bits per heavy atom. The van der Waals surface area contributed by atoms with E-state index in [1.165, 1.54) is 17.2 Å². The molecule has 116 valence electrons. The molecule has 0 aromatic carbocycles. The first-order valence-corrected chi connectivity index (χ1v) is 7.74. The van der Waals surface area contributed by atoms with Crippen molar-refractivity contribution in [1.82, 2.24) is 0 Å². The molecule has 0 aliphatic heterocycles. The molecule has 0 N–H and O–H groups in total. The van der Waals surface area contributed by atoms with Crippen LogP contribution < -0.4 is 0 Å². The zero-order valence-corrected chi connectivity index (χ0v) is 13.9. The van der Waals surface area contributed by atoms with Crippen LogP contribution in [0.1, 0.15) is 59.8 Å². The van der Waals surface area contributed by atoms with Gasteiger partial charge in [0.05, 0.1) is 5.92 Å². The summed E-state index contributed by atoms with van der Waals surface area (Å²) in [6.07, 6.45) is 5.37. The minimum absolute atomic E-state index is 0.0859. The summed E-state index contributed by atoms with van der Waals surface area (Å²) < 4.78 is 0. The van der Waals surface area contributed by atoms with Crippen LogP contribution in [0.15, 0.2) is 36.0 Å². The smallest absolute Gasteiger partial charge is 0.166 e. The summed E-state index contributed by atoms with van der Waals surface area (Å²) in [7, 11) is 0. The molecule has 2 nitrogen and oxygen atoms in total. The molecule has 2 atom stereocenters. The van der Waals surface area contributed by atoms with Crippen molar-refractivity contribution in [1.29, 1.82) is 0 Å². The average molecular weight is 288 g/mol. The van der Waals surface area contributed by atoms with Crippen LogP contribution in [0.25, 0.3) is 0 Å². The summed E-state index contributed by atoms with van der Waals surface area (Å²) in [5.41, 5.74) is 3.35. The van der Waals surface area contributed by atoms with Crippen molar-refractivity contribution in [2.24, 2.45) is 11.3 Å². The van der Waals surface area contributed by atoms with Crippen LogP contribution >= 0.6 is 0 Å². The van der Waals surface area contributed by atoms with E-state index in [0.29, 0.717) is 6.42 Å². The molecule has 0 saturated heterocycles. The summed E-state index contributed by atoms with van der Waals surface area (Å²) in [5.74, 6) is -0.536. The molecule has 1 aliphatic rings. The minimum atomic E-state index is -0.507. The Labute approximate surface area is 129 Å². The monoisotopic (exact) mass is 288 g/mol. The van der Waals surface area contributed by atoms with Gasteiger partial charge >= 0.3 is 0 Å². The summed E-state index contributed by atoms with van der Waals surface area (Å²) in [6.45, 7) is 15.9. The van der Waals surface area contributed by atoms with E-state index in [1.54, 1.807) is 0 Å². The standard InChI is InChI=1S/C19H28O2/c1-7-16(20)18-17(21)9-8-11-19(18,6)12-10-15(13(2)3)14(4)5/h7,18H,1-2,8-12H2,3-6H3/t18-,19+/m1/s1. The van der Waals surface area contributed by atoms with E-state index in [-0.39, 0.29) is 17.0 Å². The van der Waals surface area contributed by atoms with Crippen LogP contribution in [0.2, 0.25) is 0 Å². The third-order valence-corrected chi connectivity index (χ3v) is 4.74. The lowest BCUT2D eigenvalue weighted by Crippen LogP contribution is -2.42. The number of hydrogen-bond donors (Lipinski definition) is 0. The average Bonchev–Trinajstić information content (AvgIpc) is 2.37. The second kappa shape index (κ2) is 7.02. The molecule has 2 heteroatoms. The zero-order valence-electron chi connectivity index (χ0n) is 13.9. The fourth-order valence-electron chi connectivity index (χ4n) is 3.53. The molecule has 1 rings (SSSR count). The van der Waals surface area contributed by atoms with Crippen LogP contribution in [-0.2, 0) is 9.59 Å². The van der Waals surface area contributed by atoms with Crippen molar-refractivity contribution in [2.75, 3.05) is 0 Å². The van der Waals surface area contributed by atoms with Gasteiger partial charge < -0.3 is 0 Å². The van der Waals surface area contributed by atoms with Crippen LogP contribution in [0, 0.1) is 11.3 Å². The van der Waals surface area contributed by atoms with E-state index < -0.39 is 5.92 Å². The minimum Gasteiger partial charge on any atom is -0.299 e. The zero-order chi connectivity index (χ0) is 16.2. The molecule has 0 aromatic rings. The summed E-state index contributed by atoms with van der Waals surface area (Å²) in [4.78, 5) is 24.4. The highest BCUT2D eigenvalue weighted by atomic mass is 16.1. The van der Waals surface area contributed by atoms with Crippen LogP contribution in [0.3, 0.4) is 0 Å². The van der Waals surface area contributed by atoms with Crippen molar-refractivity contribution in [3.05, 3.63) is 36.0 Å². The predicted molar refractivity (Wildman–Crippen MR) is 88.1 cm³/mol. The third-order valence-electron chi connectivity index (χ3n) is 4.74. The second-order valence-corrected chi connectivity index (χ2v) is 6.77. The van der Waals surface area contributed by atoms with Gasteiger partial charge in [-0.25, -0.2) is 0 Å². The van der Waals surface area contributed by atoms with Gasteiger partial charge in [0.2, 0.25) is 0 Å². The maximum absolute atomic E-state index is 12.2. The molecule has 0 bridgehead atoms. The molecule has 0 aromatic heterocycles. The van der Waals surface area contributed by atoms with Gasteiger partial charge in [-0.3, -0.25) is 9.59 Å². The Bertz CT molecular complexity index is 492. The van der Waals surface area contributed by atoms with Gasteiger partial charge in [0.1, 0.15) is 5.78 Å². The van der Waals surface area contributed by atoms with Crippen molar-refractivity contribution < 1.29 is 9.59 Å². The molecule has 0 radical (unpaired) electrons. The quantitative estimate of drug-likeness (QED) is 0.399. The van der Waals surface area contributed by atoms with E-state index >= 15 is 0 Å². The van der Waals surface area contributed by atoms with E-state index in [4.69, 9.17) is 0 Å². The number of hydrogen-bond acceptors (Lipinski definition) is 2. The Morgan fingerprint density at radius 3 is 2.48 bits per heavy atom. The Kier molecular flexibility index (Phi) is 5.88. The number of ketones is 2. The fraction of sp³-hybridized carbons (Fsp3) is 0.579. The molecule has 0 heterocycles. The molecule has 1 saturated carbocycles. The van der Waals surface area contributed by atoms with Gasteiger partial charge in [-0.15, -0.1) is 0 Å². The predicted octanol–water partition coefficient (Wildman–Crippen LogP) is 4.81. The van der Waals surface area contributed by atoms with E-state index in [1.807, 2.05) is 6.92 Å². The Morgan fingerprint density at radius 1 is 1.38 bits per heavy atom. The number of Topliss-reactive ketones (excluding diaryl/α,β-unsaturated/α-hetero) is 1. The molecule has 0 spiro atoms. The second-order valence-electron chi connectivity index (χ2n) is 6.77. The van der Waals surface area contributed by atoms with Gasteiger partial charge in [0.15, 0.2) is 5.78 Å². The maximum atomic E-state index is 12.2. The number of carbonyl (C=O) groups excluding carboxylic acids is 2. The summed E-state index contributed by atoms with van der Waals surface area (Å²) in [5, 5.41) is 0. The van der Waals surface area contributed by atoms with E-state index in [2.05, 4.69) is 33.9 Å². The van der Waals surface area contributed by atoms with Gasteiger partial charge in [-0.1, -0.05) is 31.2 Å². The van der Waals surface area contributed by atoms with Gasteiger partial charge in [-0.05, 0) is 63.5 Å². The Balaban J connectivity index is 2.98. The fourth-order valence-corrected chi connectivity index (χ4v) is 3.53. The molecular formula is C19H28O2. The highest BCUT2D eigenvalue weighted by Gasteiger charge is 2.44. The first kappa shape index (κ1) is 17.6. The number of carbonyl (C=O) groups is 2. The summed E-state index contributed by atoms with van der Waals surface area (Å²) >= 11 is 0. The SMILES string of the molecule is C=CC(=O)[C@@H]1C(=O)CCC[C@@]1(C)CCC(C(=C)C)=C(C)C. The van der Waals surface area contributed by atoms with Crippen molar-refractivity contribution >= 4 is 11.6 Å². The lowest BCUT2D eigenvalue weighted by molar-refractivity contribution is -0.138. The highest BCUT2D eigenvalue weighted by Crippen LogP contribution is 2.44. The lowest BCUT2D eigenvalue weighted by atomic mass is 9.62. The maximum Gasteiger partial charge on any atom is 0.166 e. The molecule has 0 unspecified atom stereocenters. The number of rotatable bonds is 6. The van der Waals surface area contributed by atoms with Crippen molar-refractivity contribution in [3.8, 4) is 0 Å². The van der Waals surface area contributed by atoms with Crippen LogP contribution in [0.5, 0.6) is 0 Å². The topological polar surface area (TPSA) is 34.1 Å². The highest BCUT2D eigenvalue weighted by molar-refractivity contribution is 6.08. The molecule has 0 amide bonds. The first-order valence-electron chi connectivity index (χ1n) is 7.74. The molecule has 1 aliphatic carbocycles. The van der Waals surface area contributed by atoms with E-state index in [0.717, 1.165) is 31.3 Å². The summed E-state index contributed by atoms with van der Waals surface area (Å²) in [6, 6.07) is 0. The largest absolute Gasteiger partial charge is 0.299 e. The third kappa shape index (κ3) is 4.03. The van der Waals surface area contributed by atoms with Gasteiger partial charge in [0, 0.05) is 6.42 Å². The molecule has 1 fully saturated rings. The number of allylic oxidation sites excluding steroid dienone is 4. The van der Waals surface area contributed by atoms with E-state index in [9.17, 15) is 9.59 Å². The van der Waals surface area contributed by atoms with Gasteiger partial charge in [0.25, 0.3) is 0 Å². The van der Waals surface area contributed by atoms with Crippen molar-refractivity contribution in [3.63, 3.8) is 0 Å². The Hall–Kier alpha value is -1.44. The van der Waals surface area contributed by atoms with Gasteiger partial charge in [-0.2, -0.15) is 0 Å². The first-order chi connectivity index (χ1) is 9.73. The molecule has 21 heavy (non-hydrogen) atoms. The van der Waals surface area contributed by atoms with Crippen molar-refractivity contribution in [2.45, 2.75) is 59.8 Å². The van der Waals surface area contributed by atoms with Crippen LogP contribution in [-0.4, -0.2) is 11.6 Å².